The Morgan fingerprint density at radius 1 is 1.00 bits per heavy atom. The number of nitrogens with zero attached hydrogens (tertiary/aromatic N) is 1. The third-order valence-electron chi connectivity index (χ3n) is 5.12. The van der Waals surface area contributed by atoms with E-state index in [0.717, 1.165) is 11.1 Å². The number of nitrogens with one attached hydrogen (secondary N) is 1. The van der Waals surface area contributed by atoms with Gasteiger partial charge in [0.1, 0.15) is 0 Å². The van der Waals surface area contributed by atoms with Crippen LogP contribution in [-0.4, -0.2) is 24.1 Å². The van der Waals surface area contributed by atoms with Gasteiger partial charge in [0.05, 0.1) is 18.2 Å². The summed E-state index contributed by atoms with van der Waals surface area (Å²) in [6.45, 7) is 1.43. The molecule has 0 saturated carbocycles. The van der Waals surface area contributed by atoms with Crippen LogP contribution in [0, 0.1) is 0 Å². The molecule has 0 spiro atoms. The van der Waals surface area contributed by atoms with Crippen molar-refractivity contribution in [3.05, 3.63) is 78.3 Å². The van der Waals surface area contributed by atoms with Gasteiger partial charge in [0.2, 0.25) is 11.8 Å². The first-order chi connectivity index (χ1) is 13.3. The summed E-state index contributed by atoms with van der Waals surface area (Å²) in [7, 11) is 0. The fraction of sp³-hybridized carbons (Fsp3) is 0.273. The molecule has 5 heteroatoms. The lowest BCUT2D eigenvalue weighted by Crippen LogP contribution is -2.47. The summed E-state index contributed by atoms with van der Waals surface area (Å²) in [6, 6.07) is 19.7. The molecule has 1 fully saturated rings. The first-order valence-electron chi connectivity index (χ1n) is 9.20. The Kier molecular flexibility index (Phi) is 5.03. The molecule has 1 aliphatic rings. The summed E-state index contributed by atoms with van der Waals surface area (Å²) in [4.78, 5) is 17.4. The van der Waals surface area contributed by atoms with Crippen molar-refractivity contribution in [3.63, 3.8) is 0 Å². The number of aromatic nitrogens is 1. The van der Waals surface area contributed by atoms with Crippen LogP contribution in [0.3, 0.4) is 0 Å². The van der Waals surface area contributed by atoms with Gasteiger partial charge in [-0.3, -0.25) is 4.79 Å². The molecule has 138 valence electrons. The van der Waals surface area contributed by atoms with Crippen LogP contribution in [0.1, 0.15) is 24.3 Å². The zero-order chi connectivity index (χ0) is 18.5. The van der Waals surface area contributed by atoms with Gasteiger partial charge in [-0.1, -0.05) is 60.7 Å². The van der Waals surface area contributed by atoms with Crippen molar-refractivity contribution < 1.29 is 13.9 Å². The molecule has 1 saturated heterocycles. The molecule has 2 heterocycles. The lowest BCUT2D eigenvalue weighted by atomic mass is 9.73. The van der Waals surface area contributed by atoms with Crippen LogP contribution in [-0.2, 0) is 21.5 Å². The van der Waals surface area contributed by atoms with E-state index in [9.17, 15) is 4.79 Å². The zero-order valence-electron chi connectivity index (χ0n) is 15.1. The maximum Gasteiger partial charge on any atom is 0.231 e. The molecule has 1 amide bonds. The third kappa shape index (κ3) is 3.64. The SMILES string of the molecule is O=C(NCc1ncc(-c2ccccc2)o1)C1(c2ccccc2)CCOCC1. The fourth-order valence-electron chi connectivity index (χ4n) is 3.58. The standard InChI is InChI=1S/C22H22N2O3/c25-21(22(11-13-26-14-12-22)18-9-5-2-6-10-18)24-16-20-23-15-19(27-20)17-7-3-1-4-8-17/h1-10,15H,11-14,16H2,(H,24,25). The molecule has 0 aliphatic carbocycles. The first kappa shape index (κ1) is 17.5. The molecule has 0 radical (unpaired) electrons. The van der Waals surface area contributed by atoms with Crippen molar-refractivity contribution in [2.45, 2.75) is 24.8 Å². The Balaban J connectivity index is 1.48. The minimum absolute atomic E-state index is 0.00328. The highest BCUT2D eigenvalue weighted by atomic mass is 16.5. The van der Waals surface area contributed by atoms with Gasteiger partial charge in [-0.15, -0.1) is 0 Å². The molecule has 5 nitrogen and oxygen atoms in total. The number of amides is 1. The van der Waals surface area contributed by atoms with E-state index in [4.69, 9.17) is 9.15 Å². The van der Waals surface area contributed by atoms with E-state index in [1.807, 2.05) is 60.7 Å². The van der Waals surface area contributed by atoms with Gasteiger partial charge in [-0.25, -0.2) is 4.98 Å². The highest BCUT2D eigenvalue weighted by Crippen LogP contribution is 2.35. The molecule has 0 unspecified atom stereocenters. The Bertz CT molecular complexity index is 884. The molecule has 1 aromatic heterocycles. The normalized spacial score (nSPS) is 16.0. The number of hydrogen-bond acceptors (Lipinski definition) is 4. The molecule has 2 aromatic carbocycles. The van der Waals surface area contributed by atoms with Gasteiger partial charge in [0.15, 0.2) is 5.76 Å². The van der Waals surface area contributed by atoms with Gasteiger partial charge < -0.3 is 14.5 Å². The van der Waals surface area contributed by atoms with Crippen LogP contribution in [0.4, 0.5) is 0 Å². The lowest BCUT2D eigenvalue weighted by molar-refractivity contribution is -0.130. The number of carbonyl (C=O) groups is 1. The van der Waals surface area contributed by atoms with Crippen molar-refractivity contribution in [2.75, 3.05) is 13.2 Å². The van der Waals surface area contributed by atoms with Crippen molar-refractivity contribution in [1.82, 2.24) is 10.3 Å². The van der Waals surface area contributed by atoms with Crippen LogP contribution >= 0.6 is 0 Å². The molecule has 0 atom stereocenters. The third-order valence-corrected chi connectivity index (χ3v) is 5.12. The molecule has 1 aliphatic heterocycles. The molecule has 4 rings (SSSR count). The van der Waals surface area contributed by atoms with E-state index in [2.05, 4.69) is 10.3 Å². The second kappa shape index (κ2) is 7.76. The van der Waals surface area contributed by atoms with Crippen molar-refractivity contribution >= 4 is 5.91 Å². The van der Waals surface area contributed by atoms with E-state index in [1.54, 1.807) is 6.20 Å². The van der Waals surface area contributed by atoms with Gasteiger partial charge in [0, 0.05) is 18.8 Å². The second-order valence-corrected chi connectivity index (χ2v) is 6.73. The second-order valence-electron chi connectivity index (χ2n) is 6.73. The van der Waals surface area contributed by atoms with Crippen LogP contribution in [0.15, 0.2) is 71.3 Å². The van der Waals surface area contributed by atoms with Crippen LogP contribution in [0.2, 0.25) is 0 Å². The smallest absolute Gasteiger partial charge is 0.231 e. The summed E-state index contributed by atoms with van der Waals surface area (Å²) in [5.41, 5.74) is 1.44. The number of carbonyl (C=O) groups excluding carboxylic acids is 1. The summed E-state index contributed by atoms with van der Waals surface area (Å²) in [5, 5.41) is 3.02. The van der Waals surface area contributed by atoms with E-state index in [0.29, 0.717) is 37.7 Å². The topological polar surface area (TPSA) is 64.4 Å². The highest BCUT2D eigenvalue weighted by molar-refractivity contribution is 5.88. The van der Waals surface area contributed by atoms with Crippen molar-refractivity contribution in [1.29, 1.82) is 0 Å². The lowest BCUT2D eigenvalue weighted by Gasteiger charge is -2.36. The van der Waals surface area contributed by atoms with Crippen LogP contribution < -0.4 is 5.32 Å². The summed E-state index contributed by atoms with van der Waals surface area (Å²) in [5.74, 6) is 1.19. The average molecular weight is 362 g/mol. The minimum Gasteiger partial charge on any atom is -0.439 e. The van der Waals surface area contributed by atoms with E-state index >= 15 is 0 Å². The number of ether oxygens (including phenoxy) is 1. The zero-order valence-corrected chi connectivity index (χ0v) is 15.1. The predicted molar refractivity (Wildman–Crippen MR) is 102 cm³/mol. The maximum atomic E-state index is 13.1. The van der Waals surface area contributed by atoms with E-state index < -0.39 is 5.41 Å². The Hall–Kier alpha value is -2.92. The van der Waals surface area contributed by atoms with Crippen LogP contribution in [0.25, 0.3) is 11.3 Å². The molecule has 3 aromatic rings. The van der Waals surface area contributed by atoms with Gasteiger partial charge >= 0.3 is 0 Å². The minimum atomic E-state index is -0.561. The predicted octanol–water partition coefficient (Wildman–Crippen LogP) is 3.71. The number of rotatable bonds is 5. The summed E-state index contributed by atoms with van der Waals surface area (Å²) < 4.78 is 11.3. The maximum absolute atomic E-state index is 13.1. The molecule has 1 N–H and O–H groups in total. The highest BCUT2D eigenvalue weighted by Gasteiger charge is 2.41. The number of oxazole rings is 1. The Morgan fingerprint density at radius 3 is 2.37 bits per heavy atom. The summed E-state index contributed by atoms with van der Waals surface area (Å²) in [6.07, 6.45) is 3.03. The fourth-order valence-corrected chi connectivity index (χ4v) is 3.58. The van der Waals surface area contributed by atoms with Gasteiger partial charge in [-0.2, -0.15) is 0 Å². The van der Waals surface area contributed by atoms with E-state index in [1.165, 1.54) is 0 Å². The van der Waals surface area contributed by atoms with Gasteiger partial charge in [0.25, 0.3) is 0 Å². The van der Waals surface area contributed by atoms with Crippen molar-refractivity contribution in [2.24, 2.45) is 0 Å². The molecular formula is C22H22N2O3. The van der Waals surface area contributed by atoms with Crippen LogP contribution in [0.5, 0.6) is 0 Å². The molecule has 0 bridgehead atoms. The quantitative estimate of drug-likeness (QED) is 0.752. The Labute approximate surface area is 158 Å². The van der Waals surface area contributed by atoms with Gasteiger partial charge in [-0.05, 0) is 18.4 Å². The molecular weight excluding hydrogens is 340 g/mol. The largest absolute Gasteiger partial charge is 0.439 e. The van der Waals surface area contributed by atoms with E-state index in [-0.39, 0.29) is 12.5 Å². The average Bonchev–Trinajstić information content (AvgIpc) is 3.23. The summed E-state index contributed by atoms with van der Waals surface area (Å²) >= 11 is 0. The molecule has 27 heavy (non-hydrogen) atoms. The Morgan fingerprint density at radius 2 is 1.67 bits per heavy atom. The number of benzene rings is 2. The van der Waals surface area contributed by atoms with Crippen molar-refractivity contribution in [3.8, 4) is 11.3 Å². The number of hydrogen-bond donors (Lipinski definition) is 1. The monoisotopic (exact) mass is 362 g/mol. The first-order valence-corrected chi connectivity index (χ1v) is 9.20.